The predicted molar refractivity (Wildman–Crippen MR) is 132 cm³/mol. The molecular weight excluding hydrogens is 466 g/mol. The molecule has 5 rings (SSSR count). The summed E-state index contributed by atoms with van der Waals surface area (Å²) in [6.07, 6.45) is 6.78. The number of fused-ring (bicyclic) bond motifs is 1. The Morgan fingerprint density at radius 3 is 2.63 bits per heavy atom. The molecule has 1 aliphatic rings. The van der Waals surface area contributed by atoms with Crippen molar-refractivity contribution in [3.05, 3.63) is 66.6 Å². The number of aromatic nitrogens is 3. The van der Waals surface area contributed by atoms with E-state index >= 15 is 0 Å². The maximum Gasteiger partial charge on any atom is 0.254 e. The van der Waals surface area contributed by atoms with Crippen LogP contribution in [-0.2, 0) is 15.6 Å². The normalized spacial score (nSPS) is 14.6. The standard InChI is InChI=1S/C25H23N5O4S/c1-34-19-5-3-4-16(10-19)18-12-27-25(28-13-18)30-14-22(35(2)33)20-7-6-17(11-21(20)30)24(32)29-9-8-26-23(31)15-29/h3-7,10-14H,8-9,15H2,1-2H3,(H,26,31). The molecule has 35 heavy (non-hydrogen) atoms. The van der Waals surface area contributed by atoms with Crippen LogP contribution in [0.2, 0.25) is 0 Å². The molecule has 178 valence electrons. The van der Waals surface area contributed by atoms with Crippen molar-refractivity contribution in [1.82, 2.24) is 24.8 Å². The molecule has 4 aromatic rings. The van der Waals surface area contributed by atoms with Crippen LogP contribution in [-0.4, -0.2) is 68.5 Å². The summed E-state index contributed by atoms with van der Waals surface area (Å²) in [4.78, 5) is 36.0. The Bertz CT molecular complexity index is 1460. The number of rotatable bonds is 5. The Hall–Kier alpha value is -4.05. The fourth-order valence-corrected chi connectivity index (χ4v) is 4.85. The third-order valence-corrected chi connectivity index (χ3v) is 6.85. The van der Waals surface area contributed by atoms with Crippen LogP contribution in [0.15, 0.2) is 66.0 Å². The van der Waals surface area contributed by atoms with Gasteiger partial charge in [0.2, 0.25) is 11.9 Å². The van der Waals surface area contributed by atoms with E-state index in [2.05, 4.69) is 15.3 Å². The Balaban J connectivity index is 1.55. The molecule has 1 unspecified atom stereocenters. The van der Waals surface area contributed by atoms with Crippen LogP contribution >= 0.6 is 0 Å². The molecule has 0 bridgehead atoms. The van der Waals surface area contributed by atoms with E-state index in [1.54, 1.807) is 54.7 Å². The molecule has 3 heterocycles. The summed E-state index contributed by atoms with van der Waals surface area (Å²) in [5, 5.41) is 3.47. The average Bonchev–Trinajstić information content (AvgIpc) is 3.27. The van der Waals surface area contributed by atoms with E-state index in [1.165, 1.54) is 4.90 Å². The first-order chi connectivity index (χ1) is 16.9. The van der Waals surface area contributed by atoms with Crippen LogP contribution in [0, 0.1) is 0 Å². The third kappa shape index (κ3) is 4.40. The van der Waals surface area contributed by atoms with E-state index in [-0.39, 0.29) is 18.4 Å². The van der Waals surface area contributed by atoms with E-state index in [0.29, 0.717) is 35.0 Å². The second kappa shape index (κ2) is 9.30. The number of amides is 2. The van der Waals surface area contributed by atoms with Gasteiger partial charge in [0.25, 0.3) is 5.91 Å². The van der Waals surface area contributed by atoms with Crippen LogP contribution < -0.4 is 10.1 Å². The largest absolute Gasteiger partial charge is 0.497 e. The van der Waals surface area contributed by atoms with Gasteiger partial charge in [-0.2, -0.15) is 0 Å². The first-order valence-corrected chi connectivity index (χ1v) is 12.5. The monoisotopic (exact) mass is 489 g/mol. The molecular formula is C25H23N5O4S. The number of carbonyl (C=O) groups is 2. The van der Waals surface area contributed by atoms with Crippen molar-refractivity contribution in [3.8, 4) is 22.8 Å². The fraction of sp³-hybridized carbons (Fsp3) is 0.200. The number of benzene rings is 2. The zero-order valence-electron chi connectivity index (χ0n) is 19.2. The molecule has 1 N–H and O–H groups in total. The maximum atomic E-state index is 13.1. The van der Waals surface area contributed by atoms with Gasteiger partial charge in [0.05, 0.1) is 34.9 Å². The lowest BCUT2D eigenvalue weighted by Crippen LogP contribution is -2.49. The van der Waals surface area contributed by atoms with Crippen molar-refractivity contribution in [2.24, 2.45) is 0 Å². The molecule has 1 saturated heterocycles. The average molecular weight is 490 g/mol. The highest BCUT2D eigenvalue weighted by Gasteiger charge is 2.24. The van der Waals surface area contributed by atoms with Gasteiger partial charge in [-0.3, -0.25) is 18.4 Å². The number of methoxy groups -OCH3 is 1. The zero-order chi connectivity index (χ0) is 24.5. The lowest BCUT2D eigenvalue weighted by molar-refractivity contribution is -0.123. The van der Waals surface area contributed by atoms with Gasteiger partial charge in [0, 0.05) is 54.4 Å². The second-order valence-corrected chi connectivity index (χ2v) is 9.48. The molecule has 9 nitrogen and oxygen atoms in total. The number of nitrogens with zero attached hydrogens (tertiary/aromatic N) is 4. The van der Waals surface area contributed by atoms with E-state index in [4.69, 9.17) is 4.74 Å². The summed E-state index contributed by atoms with van der Waals surface area (Å²) in [5.41, 5.74) is 2.84. The van der Waals surface area contributed by atoms with Gasteiger partial charge >= 0.3 is 0 Å². The van der Waals surface area contributed by atoms with Gasteiger partial charge in [-0.25, -0.2) is 9.97 Å². The molecule has 0 radical (unpaired) electrons. The number of ether oxygens (including phenoxy) is 1. The number of hydrogen-bond acceptors (Lipinski definition) is 6. The van der Waals surface area contributed by atoms with Crippen LogP contribution in [0.25, 0.3) is 28.0 Å². The van der Waals surface area contributed by atoms with Gasteiger partial charge in [-0.05, 0) is 29.8 Å². The SMILES string of the molecule is COc1cccc(-c2cnc(-n3cc(S(C)=O)c4ccc(C(=O)N5CCNC(=O)C5)cc43)nc2)c1. The molecule has 1 atom stereocenters. The van der Waals surface area contributed by atoms with Gasteiger partial charge in [0.1, 0.15) is 5.75 Å². The summed E-state index contributed by atoms with van der Waals surface area (Å²) in [6.45, 7) is 0.898. The first kappa shape index (κ1) is 22.7. The minimum absolute atomic E-state index is 0.0248. The Labute approximate surface area is 204 Å². The molecule has 10 heteroatoms. The van der Waals surface area contributed by atoms with Crippen LogP contribution in [0.1, 0.15) is 10.4 Å². The Kier molecular flexibility index (Phi) is 6.04. The minimum Gasteiger partial charge on any atom is -0.497 e. The highest BCUT2D eigenvalue weighted by molar-refractivity contribution is 7.84. The van der Waals surface area contributed by atoms with Crippen molar-refractivity contribution in [2.75, 3.05) is 33.0 Å². The van der Waals surface area contributed by atoms with Gasteiger partial charge < -0.3 is 15.0 Å². The highest BCUT2D eigenvalue weighted by atomic mass is 32.2. The maximum absolute atomic E-state index is 13.1. The topological polar surface area (TPSA) is 106 Å². The lowest BCUT2D eigenvalue weighted by Gasteiger charge is -2.26. The minimum atomic E-state index is -1.26. The number of hydrogen-bond donors (Lipinski definition) is 1. The molecule has 1 aliphatic heterocycles. The smallest absolute Gasteiger partial charge is 0.254 e. The fourth-order valence-electron chi connectivity index (χ4n) is 4.12. The van der Waals surface area contributed by atoms with Crippen molar-refractivity contribution in [3.63, 3.8) is 0 Å². The molecule has 0 aliphatic carbocycles. The van der Waals surface area contributed by atoms with E-state index < -0.39 is 10.8 Å². The van der Waals surface area contributed by atoms with Crippen molar-refractivity contribution < 1.29 is 18.5 Å². The molecule has 1 fully saturated rings. The number of piperazine rings is 1. The van der Waals surface area contributed by atoms with Gasteiger partial charge in [0.15, 0.2) is 0 Å². The van der Waals surface area contributed by atoms with E-state index in [9.17, 15) is 13.8 Å². The van der Waals surface area contributed by atoms with Crippen LogP contribution in [0.3, 0.4) is 0 Å². The lowest BCUT2D eigenvalue weighted by atomic mass is 10.1. The summed E-state index contributed by atoms with van der Waals surface area (Å²) < 4.78 is 19.5. The van der Waals surface area contributed by atoms with E-state index in [0.717, 1.165) is 22.3 Å². The number of nitrogens with one attached hydrogen (secondary N) is 1. The highest BCUT2D eigenvalue weighted by Crippen LogP contribution is 2.28. The molecule has 0 spiro atoms. The molecule has 2 amide bonds. The predicted octanol–water partition coefficient (Wildman–Crippen LogP) is 2.41. The second-order valence-electron chi connectivity index (χ2n) is 8.13. The van der Waals surface area contributed by atoms with Crippen LogP contribution in [0.4, 0.5) is 0 Å². The van der Waals surface area contributed by atoms with Crippen molar-refractivity contribution in [2.45, 2.75) is 4.90 Å². The number of carbonyl (C=O) groups excluding carboxylic acids is 2. The molecule has 0 saturated carbocycles. The quantitative estimate of drug-likeness (QED) is 0.462. The Morgan fingerprint density at radius 1 is 1.11 bits per heavy atom. The zero-order valence-corrected chi connectivity index (χ0v) is 20.0. The van der Waals surface area contributed by atoms with Crippen molar-refractivity contribution >= 4 is 33.5 Å². The first-order valence-electron chi connectivity index (χ1n) is 11.0. The summed E-state index contributed by atoms with van der Waals surface area (Å²) in [6, 6.07) is 12.8. The third-order valence-electron chi connectivity index (χ3n) is 5.91. The Morgan fingerprint density at radius 2 is 1.91 bits per heavy atom. The van der Waals surface area contributed by atoms with Crippen molar-refractivity contribution in [1.29, 1.82) is 0 Å². The van der Waals surface area contributed by atoms with E-state index in [1.807, 2.05) is 24.3 Å². The summed E-state index contributed by atoms with van der Waals surface area (Å²) >= 11 is 0. The molecule has 2 aromatic heterocycles. The summed E-state index contributed by atoms with van der Waals surface area (Å²) in [5.74, 6) is 0.715. The molecule has 2 aromatic carbocycles. The summed E-state index contributed by atoms with van der Waals surface area (Å²) in [7, 11) is 0.356. The van der Waals surface area contributed by atoms with Gasteiger partial charge in [-0.15, -0.1) is 0 Å². The van der Waals surface area contributed by atoms with Gasteiger partial charge in [-0.1, -0.05) is 18.2 Å². The van der Waals surface area contributed by atoms with Crippen LogP contribution in [0.5, 0.6) is 5.75 Å².